The molecule has 0 aliphatic heterocycles. The SMILES string of the molecule is CC(C)(CCO)NCCC(=O)c1ccccc1. The standard InChI is InChI=1S/C14H21NO2/c1-14(2,9-11-16)15-10-8-13(17)12-6-4-3-5-7-12/h3-7,15-16H,8-11H2,1-2H3. The van der Waals surface area contributed by atoms with Crippen molar-refractivity contribution in [2.45, 2.75) is 32.2 Å². The summed E-state index contributed by atoms with van der Waals surface area (Å²) in [6, 6.07) is 9.31. The Bertz CT molecular complexity index is 346. The van der Waals surface area contributed by atoms with Gasteiger partial charge in [0.2, 0.25) is 0 Å². The van der Waals surface area contributed by atoms with Crippen LogP contribution in [0.3, 0.4) is 0 Å². The summed E-state index contributed by atoms with van der Waals surface area (Å²) in [7, 11) is 0. The lowest BCUT2D eigenvalue weighted by Crippen LogP contribution is -2.41. The molecule has 1 aromatic rings. The van der Waals surface area contributed by atoms with Gasteiger partial charge in [0, 0.05) is 30.7 Å². The number of carbonyl (C=O) groups excluding carboxylic acids is 1. The van der Waals surface area contributed by atoms with Crippen molar-refractivity contribution in [1.29, 1.82) is 0 Å². The van der Waals surface area contributed by atoms with Gasteiger partial charge in [0.25, 0.3) is 0 Å². The quantitative estimate of drug-likeness (QED) is 0.711. The number of nitrogens with one attached hydrogen (secondary N) is 1. The highest BCUT2D eigenvalue weighted by Gasteiger charge is 2.16. The van der Waals surface area contributed by atoms with Crippen LogP contribution in [0.15, 0.2) is 30.3 Å². The zero-order valence-electron chi connectivity index (χ0n) is 10.6. The minimum atomic E-state index is -0.119. The maximum absolute atomic E-state index is 11.8. The first-order chi connectivity index (χ1) is 8.05. The van der Waals surface area contributed by atoms with Gasteiger partial charge in [-0.3, -0.25) is 4.79 Å². The van der Waals surface area contributed by atoms with Gasteiger partial charge in [-0.2, -0.15) is 0 Å². The van der Waals surface area contributed by atoms with E-state index < -0.39 is 0 Å². The van der Waals surface area contributed by atoms with E-state index in [4.69, 9.17) is 5.11 Å². The first-order valence-corrected chi connectivity index (χ1v) is 5.99. The maximum atomic E-state index is 11.8. The molecule has 3 nitrogen and oxygen atoms in total. The fourth-order valence-corrected chi connectivity index (χ4v) is 1.65. The van der Waals surface area contributed by atoms with Gasteiger partial charge in [-0.1, -0.05) is 30.3 Å². The van der Waals surface area contributed by atoms with Crippen LogP contribution in [0, 0.1) is 0 Å². The normalized spacial score (nSPS) is 11.5. The second-order valence-corrected chi connectivity index (χ2v) is 4.82. The Hall–Kier alpha value is -1.19. The second kappa shape index (κ2) is 6.52. The highest BCUT2D eigenvalue weighted by atomic mass is 16.3. The lowest BCUT2D eigenvalue weighted by Gasteiger charge is -2.25. The van der Waals surface area contributed by atoms with Crippen LogP contribution in [0.5, 0.6) is 0 Å². The summed E-state index contributed by atoms with van der Waals surface area (Å²) in [6.07, 6.45) is 1.17. The van der Waals surface area contributed by atoms with Crippen molar-refractivity contribution in [3.63, 3.8) is 0 Å². The Balaban J connectivity index is 2.35. The van der Waals surface area contributed by atoms with Crippen molar-refractivity contribution in [2.75, 3.05) is 13.2 Å². The lowest BCUT2D eigenvalue weighted by atomic mass is 10.0. The van der Waals surface area contributed by atoms with Gasteiger partial charge < -0.3 is 10.4 Å². The lowest BCUT2D eigenvalue weighted by molar-refractivity contribution is 0.0979. The Morgan fingerprint density at radius 2 is 1.94 bits per heavy atom. The number of Topliss-reactive ketones (excluding diaryl/α,β-unsaturated/α-hetero) is 1. The van der Waals surface area contributed by atoms with Crippen molar-refractivity contribution in [3.05, 3.63) is 35.9 Å². The van der Waals surface area contributed by atoms with E-state index in [9.17, 15) is 4.79 Å². The van der Waals surface area contributed by atoms with E-state index in [1.807, 2.05) is 44.2 Å². The van der Waals surface area contributed by atoms with E-state index in [2.05, 4.69) is 5.32 Å². The summed E-state index contributed by atoms with van der Waals surface area (Å²) in [5, 5.41) is 12.2. The van der Waals surface area contributed by atoms with Gasteiger partial charge in [-0.25, -0.2) is 0 Å². The first-order valence-electron chi connectivity index (χ1n) is 5.99. The maximum Gasteiger partial charge on any atom is 0.164 e. The Morgan fingerprint density at radius 3 is 2.53 bits per heavy atom. The fourth-order valence-electron chi connectivity index (χ4n) is 1.65. The van der Waals surface area contributed by atoms with Crippen molar-refractivity contribution < 1.29 is 9.90 Å². The number of carbonyl (C=O) groups is 1. The number of rotatable bonds is 7. The number of hydrogen-bond acceptors (Lipinski definition) is 3. The van der Waals surface area contributed by atoms with Crippen LogP contribution in [0.1, 0.15) is 37.0 Å². The van der Waals surface area contributed by atoms with E-state index in [1.54, 1.807) is 0 Å². The number of aliphatic hydroxyl groups is 1. The van der Waals surface area contributed by atoms with Crippen molar-refractivity contribution in [2.24, 2.45) is 0 Å². The third kappa shape index (κ3) is 5.11. The summed E-state index contributed by atoms with van der Waals surface area (Å²) in [6.45, 7) is 4.85. The molecule has 0 unspecified atom stereocenters. The summed E-state index contributed by atoms with van der Waals surface area (Å²) >= 11 is 0. The third-order valence-corrected chi connectivity index (χ3v) is 2.79. The van der Waals surface area contributed by atoms with Crippen LogP contribution in [0.4, 0.5) is 0 Å². The average Bonchev–Trinajstić information content (AvgIpc) is 2.29. The van der Waals surface area contributed by atoms with Crippen LogP contribution >= 0.6 is 0 Å². The molecule has 0 spiro atoms. The number of hydrogen-bond donors (Lipinski definition) is 2. The minimum Gasteiger partial charge on any atom is -0.396 e. The fraction of sp³-hybridized carbons (Fsp3) is 0.500. The molecule has 0 amide bonds. The summed E-state index contributed by atoms with van der Waals surface area (Å²) in [4.78, 5) is 11.8. The summed E-state index contributed by atoms with van der Waals surface area (Å²) in [5.74, 6) is 0.151. The molecule has 1 aromatic carbocycles. The van der Waals surface area contributed by atoms with Crippen molar-refractivity contribution in [3.8, 4) is 0 Å². The molecular formula is C14H21NO2. The topological polar surface area (TPSA) is 49.3 Å². The third-order valence-electron chi connectivity index (χ3n) is 2.79. The summed E-state index contributed by atoms with van der Waals surface area (Å²) in [5.41, 5.74) is 0.639. The smallest absolute Gasteiger partial charge is 0.164 e. The molecule has 1 rings (SSSR count). The zero-order chi connectivity index (χ0) is 12.7. The molecule has 0 aromatic heterocycles. The van der Waals surface area contributed by atoms with Crippen LogP contribution in [0.25, 0.3) is 0 Å². The predicted molar refractivity (Wildman–Crippen MR) is 69.2 cm³/mol. The van der Waals surface area contributed by atoms with Crippen LogP contribution in [-0.4, -0.2) is 29.6 Å². The molecule has 0 saturated carbocycles. The Labute approximate surface area is 103 Å². The molecule has 94 valence electrons. The van der Waals surface area contributed by atoms with Gasteiger partial charge >= 0.3 is 0 Å². The highest BCUT2D eigenvalue weighted by Crippen LogP contribution is 2.08. The second-order valence-electron chi connectivity index (χ2n) is 4.82. The van der Waals surface area contributed by atoms with E-state index in [1.165, 1.54) is 0 Å². The number of ketones is 1. The van der Waals surface area contributed by atoms with Gasteiger partial charge in [-0.15, -0.1) is 0 Å². The molecule has 0 atom stereocenters. The van der Waals surface area contributed by atoms with Gasteiger partial charge in [0.15, 0.2) is 5.78 Å². The Morgan fingerprint density at radius 1 is 1.29 bits per heavy atom. The van der Waals surface area contributed by atoms with Gasteiger partial charge in [0.05, 0.1) is 0 Å². The van der Waals surface area contributed by atoms with Gasteiger partial charge in [0.1, 0.15) is 0 Å². The molecule has 0 fully saturated rings. The molecule has 2 N–H and O–H groups in total. The van der Waals surface area contributed by atoms with E-state index in [0.29, 0.717) is 19.4 Å². The average molecular weight is 235 g/mol. The Kier molecular flexibility index (Phi) is 5.32. The largest absolute Gasteiger partial charge is 0.396 e. The predicted octanol–water partition coefficient (Wildman–Crippen LogP) is 2.01. The minimum absolute atomic E-state index is 0.119. The van der Waals surface area contributed by atoms with Crippen molar-refractivity contribution in [1.82, 2.24) is 5.32 Å². The van der Waals surface area contributed by atoms with Gasteiger partial charge in [-0.05, 0) is 20.3 Å². The number of benzene rings is 1. The molecule has 17 heavy (non-hydrogen) atoms. The molecule has 0 saturated heterocycles. The highest BCUT2D eigenvalue weighted by molar-refractivity contribution is 5.96. The molecule has 0 aliphatic rings. The molecule has 0 bridgehead atoms. The molecule has 0 radical (unpaired) electrons. The van der Waals surface area contributed by atoms with E-state index in [0.717, 1.165) is 5.56 Å². The first kappa shape index (κ1) is 13.9. The van der Waals surface area contributed by atoms with E-state index in [-0.39, 0.29) is 17.9 Å². The zero-order valence-corrected chi connectivity index (χ0v) is 10.6. The monoisotopic (exact) mass is 235 g/mol. The molecule has 0 aliphatic carbocycles. The van der Waals surface area contributed by atoms with Crippen LogP contribution in [-0.2, 0) is 0 Å². The van der Waals surface area contributed by atoms with Crippen LogP contribution in [0.2, 0.25) is 0 Å². The van der Waals surface area contributed by atoms with E-state index >= 15 is 0 Å². The van der Waals surface area contributed by atoms with Crippen molar-refractivity contribution >= 4 is 5.78 Å². The summed E-state index contributed by atoms with van der Waals surface area (Å²) < 4.78 is 0. The molecule has 3 heteroatoms. The van der Waals surface area contributed by atoms with Crippen LogP contribution < -0.4 is 5.32 Å². The molecule has 0 heterocycles. The number of aliphatic hydroxyl groups excluding tert-OH is 1. The molecular weight excluding hydrogens is 214 g/mol.